The van der Waals surface area contributed by atoms with Crippen molar-refractivity contribution in [1.29, 1.82) is 0 Å². The summed E-state index contributed by atoms with van der Waals surface area (Å²) >= 11 is 3.63. The van der Waals surface area contributed by atoms with E-state index < -0.39 is 0 Å². The summed E-state index contributed by atoms with van der Waals surface area (Å²) in [5.41, 5.74) is 10.6. The molecular weight excluding hydrogens is 304 g/mol. The number of hydrogen-bond donors (Lipinski definition) is 1. The minimum Gasteiger partial charge on any atom is -0.324 e. The predicted molar refractivity (Wildman–Crippen MR) is 79.9 cm³/mol. The van der Waals surface area contributed by atoms with Gasteiger partial charge in [-0.25, -0.2) is 0 Å². The van der Waals surface area contributed by atoms with Crippen LogP contribution in [0.15, 0.2) is 22.8 Å². The molecule has 0 aliphatic heterocycles. The minimum atomic E-state index is -0.0647. The molecule has 4 nitrogen and oxygen atoms in total. The van der Waals surface area contributed by atoms with E-state index in [4.69, 9.17) is 5.73 Å². The molecule has 2 rings (SSSR count). The fourth-order valence-corrected chi connectivity index (χ4v) is 3.03. The Bertz CT molecular complexity index is 577. The first kappa shape index (κ1) is 14.2. The fourth-order valence-electron chi connectivity index (χ4n) is 2.25. The Morgan fingerprint density at radius 3 is 2.79 bits per heavy atom. The van der Waals surface area contributed by atoms with Crippen molar-refractivity contribution in [2.45, 2.75) is 32.7 Å². The highest BCUT2D eigenvalue weighted by Gasteiger charge is 2.17. The topological polar surface area (TPSA) is 56.7 Å². The van der Waals surface area contributed by atoms with Crippen LogP contribution >= 0.6 is 15.9 Å². The van der Waals surface area contributed by atoms with Crippen LogP contribution in [0.3, 0.4) is 0 Å². The molecule has 2 aromatic rings. The van der Waals surface area contributed by atoms with Crippen molar-refractivity contribution in [3.8, 4) is 0 Å². The zero-order valence-electron chi connectivity index (χ0n) is 11.5. The summed E-state index contributed by atoms with van der Waals surface area (Å²) < 4.78 is 2.99. The number of rotatable bonds is 4. The lowest BCUT2D eigenvalue weighted by Crippen LogP contribution is -2.17. The normalized spacial score (nSPS) is 12.7. The van der Waals surface area contributed by atoms with Gasteiger partial charge in [-0.1, -0.05) is 13.0 Å². The third-order valence-electron chi connectivity index (χ3n) is 3.36. The second kappa shape index (κ2) is 5.84. The number of hydrogen-bond acceptors (Lipinski definition) is 3. The molecule has 0 bridgehead atoms. The van der Waals surface area contributed by atoms with Crippen LogP contribution in [0.2, 0.25) is 0 Å². The Balaban J connectivity index is 2.27. The molecule has 1 unspecified atom stereocenters. The Morgan fingerprint density at radius 2 is 2.21 bits per heavy atom. The number of nitrogens with zero attached hydrogens (tertiary/aromatic N) is 3. The van der Waals surface area contributed by atoms with Crippen LogP contribution in [-0.4, -0.2) is 14.8 Å². The van der Waals surface area contributed by atoms with Crippen molar-refractivity contribution in [3.63, 3.8) is 0 Å². The average molecular weight is 323 g/mol. The van der Waals surface area contributed by atoms with Gasteiger partial charge in [-0.15, -0.1) is 0 Å². The molecule has 0 spiro atoms. The van der Waals surface area contributed by atoms with Gasteiger partial charge < -0.3 is 5.73 Å². The number of pyridine rings is 1. The van der Waals surface area contributed by atoms with E-state index in [-0.39, 0.29) is 6.04 Å². The second-order valence-electron chi connectivity index (χ2n) is 4.67. The molecular formula is C14H19BrN4. The lowest BCUT2D eigenvalue weighted by molar-refractivity contribution is 0.633. The summed E-state index contributed by atoms with van der Waals surface area (Å²) in [7, 11) is 1.96. The molecule has 2 heterocycles. The van der Waals surface area contributed by atoms with Gasteiger partial charge >= 0.3 is 0 Å². The highest BCUT2D eigenvalue weighted by Crippen LogP contribution is 2.26. The Hall–Kier alpha value is -1.20. The van der Waals surface area contributed by atoms with Gasteiger partial charge in [0.15, 0.2) is 0 Å². The quantitative estimate of drug-likeness (QED) is 0.941. The summed E-state index contributed by atoms with van der Waals surface area (Å²) in [6, 6.07) is 3.90. The maximum atomic E-state index is 6.31. The molecule has 5 heteroatoms. The van der Waals surface area contributed by atoms with Crippen molar-refractivity contribution in [1.82, 2.24) is 14.8 Å². The van der Waals surface area contributed by atoms with Gasteiger partial charge in [0.1, 0.15) is 0 Å². The highest BCUT2D eigenvalue weighted by molar-refractivity contribution is 9.10. The molecule has 0 aliphatic carbocycles. The fraction of sp³-hybridized carbons (Fsp3) is 0.429. The third-order valence-corrected chi connectivity index (χ3v) is 4.28. The molecule has 0 saturated heterocycles. The molecule has 0 amide bonds. The molecule has 0 aromatic carbocycles. The van der Waals surface area contributed by atoms with E-state index in [1.807, 2.05) is 30.8 Å². The van der Waals surface area contributed by atoms with Crippen LogP contribution in [0.5, 0.6) is 0 Å². The van der Waals surface area contributed by atoms with E-state index in [2.05, 4.69) is 32.9 Å². The van der Waals surface area contributed by atoms with E-state index in [0.29, 0.717) is 0 Å². The lowest BCUT2D eigenvalue weighted by Gasteiger charge is -2.14. The number of nitrogens with two attached hydrogens (primary N) is 1. The van der Waals surface area contributed by atoms with Gasteiger partial charge in [0.05, 0.1) is 15.9 Å². The summed E-state index contributed by atoms with van der Waals surface area (Å²) in [6.45, 7) is 4.09. The highest BCUT2D eigenvalue weighted by atomic mass is 79.9. The largest absolute Gasteiger partial charge is 0.324 e. The van der Waals surface area contributed by atoms with Crippen LogP contribution < -0.4 is 5.73 Å². The van der Waals surface area contributed by atoms with Crippen LogP contribution in [0, 0.1) is 6.92 Å². The maximum absolute atomic E-state index is 6.31. The monoisotopic (exact) mass is 322 g/mol. The Kier molecular flexibility index (Phi) is 4.37. The van der Waals surface area contributed by atoms with Gasteiger partial charge in [0.2, 0.25) is 0 Å². The van der Waals surface area contributed by atoms with E-state index in [1.54, 1.807) is 6.20 Å². The van der Waals surface area contributed by atoms with Crippen molar-refractivity contribution >= 4 is 15.9 Å². The average Bonchev–Trinajstić information content (AvgIpc) is 2.66. The number of aryl methyl sites for hydroxylation is 3. The molecule has 1 atom stereocenters. The standard InChI is InChI=1S/C14H19BrN4/c1-4-12-14(15)13(19(3)18-12)8-11(16)10-6-5-7-17-9(10)2/h5-7,11H,4,8,16H2,1-3H3. The van der Waals surface area contributed by atoms with Gasteiger partial charge in [-0.05, 0) is 40.9 Å². The predicted octanol–water partition coefficient (Wildman–Crippen LogP) is 2.69. The van der Waals surface area contributed by atoms with Crippen molar-refractivity contribution < 1.29 is 0 Å². The minimum absolute atomic E-state index is 0.0647. The molecule has 2 aromatic heterocycles. The summed E-state index contributed by atoms with van der Waals surface area (Å²) in [4.78, 5) is 4.29. The van der Waals surface area contributed by atoms with Crippen LogP contribution in [0.25, 0.3) is 0 Å². The molecule has 0 aliphatic rings. The first-order valence-corrected chi connectivity index (χ1v) is 7.21. The lowest BCUT2D eigenvalue weighted by atomic mass is 10.0. The summed E-state index contributed by atoms with van der Waals surface area (Å²) in [5, 5.41) is 4.50. The Morgan fingerprint density at radius 1 is 1.47 bits per heavy atom. The van der Waals surface area contributed by atoms with Crippen LogP contribution in [0.1, 0.15) is 35.6 Å². The number of halogens is 1. The molecule has 102 valence electrons. The summed E-state index contributed by atoms with van der Waals surface area (Å²) in [6.07, 6.45) is 3.45. The van der Waals surface area contributed by atoms with Crippen molar-refractivity contribution in [3.05, 3.63) is 45.4 Å². The zero-order chi connectivity index (χ0) is 14.0. The van der Waals surface area contributed by atoms with E-state index in [9.17, 15) is 0 Å². The van der Waals surface area contributed by atoms with Crippen molar-refractivity contribution in [2.75, 3.05) is 0 Å². The van der Waals surface area contributed by atoms with Crippen molar-refractivity contribution in [2.24, 2.45) is 12.8 Å². The Labute approximate surface area is 122 Å². The first-order chi connectivity index (χ1) is 9.04. The molecule has 19 heavy (non-hydrogen) atoms. The van der Waals surface area contributed by atoms with Gasteiger partial charge in [-0.3, -0.25) is 9.67 Å². The maximum Gasteiger partial charge on any atom is 0.0766 e. The molecule has 0 fully saturated rings. The van der Waals surface area contributed by atoms with Gasteiger partial charge in [-0.2, -0.15) is 5.10 Å². The summed E-state index contributed by atoms with van der Waals surface area (Å²) in [5.74, 6) is 0. The van der Waals surface area contributed by atoms with E-state index >= 15 is 0 Å². The van der Waals surface area contributed by atoms with E-state index in [0.717, 1.165) is 40.0 Å². The smallest absolute Gasteiger partial charge is 0.0766 e. The molecule has 0 radical (unpaired) electrons. The van der Waals surface area contributed by atoms with Gasteiger partial charge in [0, 0.05) is 31.4 Å². The second-order valence-corrected chi connectivity index (χ2v) is 5.47. The SMILES string of the molecule is CCc1nn(C)c(CC(N)c2cccnc2C)c1Br. The zero-order valence-corrected chi connectivity index (χ0v) is 13.1. The van der Waals surface area contributed by atoms with Crippen LogP contribution in [-0.2, 0) is 19.9 Å². The third kappa shape index (κ3) is 2.87. The van der Waals surface area contributed by atoms with Gasteiger partial charge in [0.25, 0.3) is 0 Å². The van der Waals surface area contributed by atoms with E-state index in [1.165, 1.54) is 0 Å². The van der Waals surface area contributed by atoms with Crippen LogP contribution in [0.4, 0.5) is 0 Å². The first-order valence-electron chi connectivity index (χ1n) is 6.42. The number of aromatic nitrogens is 3. The molecule has 0 saturated carbocycles. The molecule has 2 N–H and O–H groups in total.